The van der Waals surface area contributed by atoms with Crippen molar-refractivity contribution in [1.82, 2.24) is 5.32 Å². The van der Waals surface area contributed by atoms with Crippen molar-refractivity contribution in [2.45, 2.75) is 57.1 Å². The summed E-state index contributed by atoms with van der Waals surface area (Å²) < 4.78 is 0. The van der Waals surface area contributed by atoms with Crippen LogP contribution in [0, 0.1) is 5.92 Å². The Bertz CT molecular complexity index is 460. The van der Waals surface area contributed by atoms with Crippen molar-refractivity contribution in [1.29, 1.82) is 0 Å². The van der Waals surface area contributed by atoms with Crippen LogP contribution >= 0.6 is 0 Å². The van der Waals surface area contributed by atoms with Crippen LogP contribution in [-0.2, 0) is 6.42 Å². The van der Waals surface area contributed by atoms with Crippen molar-refractivity contribution >= 4 is 0 Å². The third-order valence-electron chi connectivity index (χ3n) is 4.94. The van der Waals surface area contributed by atoms with Gasteiger partial charge in [0, 0.05) is 12.6 Å². The minimum Gasteiger partial charge on any atom is -0.508 e. The number of phenols is 1. The first-order valence-corrected chi connectivity index (χ1v) is 7.97. The SMILES string of the molecule is Oc1ccc2c(c1)CCCC2NCC1CCCCC1O. The number of nitrogens with one attached hydrogen (secondary N) is 1. The number of hydrogen-bond acceptors (Lipinski definition) is 3. The minimum absolute atomic E-state index is 0.126. The number of aliphatic hydroxyl groups is 1. The summed E-state index contributed by atoms with van der Waals surface area (Å²) in [4.78, 5) is 0. The third kappa shape index (κ3) is 2.99. The monoisotopic (exact) mass is 275 g/mol. The lowest BCUT2D eigenvalue weighted by molar-refractivity contribution is 0.0677. The summed E-state index contributed by atoms with van der Waals surface area (Å²) in [6.07, 6.45) is 7.78. The van der Waals surface area contributed by atoms with E-state index in [1.807, 2.05) is 6.07 Å². The molecule has 0 heterocycles. The van der Waals surface area contributed by atoms with E-state index in [0.29, 0.717) is 17.7 Å². The van der Waals surface area contributed by atoms with E-state index in [1.165, 1.54) is 30.4 Å². The normalized spacial score (nSPS) is 29.9. The van der Waals surface area contributed by atoms with Crippen LogP contribution < -0.4 is 5.32 Å². The molecule has 1 aromatic carbocycles. The molecule has 0 aliphatic heterocycles. The van der Waals surface area contributed by atoms with Gasteiger partial charge in [0.05, 0.1) is 6.10 Å². The lowest BCUT2D eigenvalue weighted by Gasteiger charge is -2.32. The lowest BCUT2D eigenvalue weighted by Crippen LogP contribution is -2.36. The number of fused-ring (bicyclic) bond motifs is 1. The fraction of sp³-hybridized carbons (Fsp3) is 0.647. The summed E-state index contributed by atoms with van der Waals surface area (Å²) in [5.74, 6) is 0.776. The molecule has 1 saturated carbocycles. The molecule has 3 heteroatoms. The van der Waals surface area contributed by atoms with Crippen molar-refractivity contribution in [3.8, 4) is 5.75 Å². The Kier molecular flexibility index (Phi) is 4.27. The van der Waals surface area contributed by atoms with Crippen molar-refractivity contribution in [3.05, 3.63) is 29.3 Å². The van der Waals surface area contributed by atoms with Crippen molar-refractivity contribution < 1.29 is 10.2 Å². The Labute approximate surface area is 121 Å². The van der Waals surface area contributed by atoms with Gasteiger partial charge in [-0.3, -0.25) is 0 Å². The predicted molar refractivity (Wildman–Crippen MR) is 79.8 cm³/mol. The summed E-state index contributed by atoms with van der Waals surface area (Å²) >= 11 is 0. The smallest absolute Gasteiger partial charge is 0.115 e. The summed E-state index contributed by atoms with van der Waals surface area (Å²) in [5, 5.41) is 23.3. The second-order valence-corrected chi connectivity index (χ2v) is 6.35. The van der Waals surface area contributed by atoms with E-state index >= 15 is 0 Å². The molecule has 1 fully saturated rings. The second kappa shape index (κ2) is 6.15. The zero-order valence-electron chi connectivity index (χ0n) is 12.0. The first kappa shape index (κ1) is 13.9. The maximum Gasteiger partial charge on any atom is 0.115 e. The average Bonchev–Trinajstić information content (AvgIpc) is 2.46. The molecule has 20 heavy (non-hydrogen) atoms. The predicted octanol–water partition coefficient (Wildman–Crippen LogP) is 2.91. The van der Waals surface area contributed by atoms with E-state index in [2.05, 4.69) is 11.4 Å². The molecule has 3 N–H and O–H groups in total. The largest absolute Gasteiger partial charge is 0.508 e. The van der Waals surface area contributed by atoms with Crippen molar-refractivity contribution in [3.63, 3.8) is 0 Å². The highest BCUT2D eigenvalue weighted by molar-refractivity contribution is 5.38. The van der Waals surface area contributed by atoms with Gasteiger partial charge >= 0.3 is 0 Å². The highest BCUT2D eigenvalue weighted by Gasteiger charge is 2.25. The number of benzene rings is 1. The molecule has 0 spiro atoms. The number of aromatic hydroxyl groups is 1. The van der Waals surface area contributed by atoms with Crippen LogP contribution in [-0.4, -0.2) is 22.9 Å². The van der Waals surface area contributed by atoms with Gasteiger partial charge in [-0.1, -0.05) is 18.9 Å². The number of phenolic OH excluding ortho intramolecular Hbond substituents is 1. The number of aryl methyl sites for hydroxylation is 1. The molecule has 3 rings (SSSR count). The molecule has 0 bridgehead atoms. The summed E-state index contributed by atoms with van der Waals surface area (Å²) in [6, 6.07) is 6.12. The highest BCUT2D eigenvalue weighted by Crippen LogP contribution is 2.32. The first-order valence-electron chi connectivity index (χ1n) is 7.97. The number of rotatable bonds is 3. The zero-order chi connectivity index (χ0) is 13.9. The van der Waals surface area contributed by atoms with Crippen LogP contribution in [0.1, 0.15) is 55.7 Å². The fourth-order valence-corrected chi connectivity index (χ4v) is 3.73. The molecule has 1 aromatic rings. The van der Waals surface area contributed by atoms with E-state index in [9.17, 15) is 10.2 Å². The molecule has 3 atom stereocenters. The van der Waals surface area contributed by atoms with E-state index < -0.39 is 0 Å². The Hall–Kier alpha value is -1.06. The maximum absolute atomic E-state index is 10.1. The Morgan fingerprint density at radius 1 is 1.10 bits per heavy atom. The number of aliphatic hydroxyl groups excluding tert-OH is 1. The molecule has 3 unspecified atom stereocenters. The molecule has 2 aliphatic rings. The van der Waals surface area contributed by atoms with Crippen LogP contribution in [0.15, 0.2) is 18.2 Å². The zero-order valence-corrected chi connectivity index (χ0v) is 12.0. The lowest BCUT2D eigenvalue weighted by atomic mass is 9.84. The minimum atomic E-state index is -0.126. The quantitative estimate of drug-likeness (QED) is 0.795. The molecule has 2 aliphatic carbocycles. The summed E-state index contributed by atoms with van der Waals surface area (Å²) in [6.45, 7) is 0.909. The standard InChI is InChI=1S/C17H25NO2/c19-14-8-9-15-12(10-14)5-3-6-16(15)18-11-13-4-1-2-7-17(13)20/h8-10,13,16-20H,1-7,11H2. The van der Waals surface area contributed by atoms with E-state index in [1.54, 1.807) is 6.07 Å². The van der Waals surface area contributed by atoms with Gasteiger partial charge < -0.3 is 15.5 Å². The molecular weight excluding hydrogens is 250 g/mol. The second-order valence-electron chi connectivity index (χ2n) is 6.35. The summed E-state index contributed by atoms with van der Waals surface area (Å²) in [7, 11) is 0. The molecule has 110 valence electrons. The summed E-state index contributed by atoms with van der Waals surface area (Å²) in [5.41, 5.74) is 2.61. The van der Waals surface area contributed by atoms with Crippen LogP contribution in [0.2, 0.25) is 0 Å². The average molecular weight is 275 g/mol. The van der Waals surface area contributed by atoms with Gasteiger partial charge in [0.2, 0.25) is 0 Å². The van der Waals surface area contributed by atoms with E-state index in [4.69, 9.17) is 0 Å². The molecule has 0 radical (unpaired) electrons. The first-order chi connectivity index (χ1) is 9.74. The van der Waals surface area contributed by atoms with Crippen molar-refractivity contribution in [2.24, 2.45) is 5.92 Å². The highest BCUT2D eigenvalue weighted by atomic mass is 16.3. The van der Waals surface area contributed by atoms with E-state index in [0.717, 1.165) is 32.2 Å². The van der Waals surface area contributed by atoms with Crippen LogP contribution in [0.3, 0.4) is 0 Å². The van der Waals surface area contributed by atoms with Gasteiger partial charge in [-0.2, -0.15) is 0 Å². The van der Waals surface area contributed by atoms with Crippen LogP contribution in [0.5, 0.6) is 5.75 Å². The number of hydrogen-bond donors (Lipinski definition) is 3. The van der Waals surface area contributed by atoms with Crippen LogP contribution in [0.4, 0.5) is 0 Å². The van der Waals surface area contributed by atoms with Gasteiger partial charge in [-0.25, -0.2) is 0 Å². The Balaban J connectivity index is 1.64. The molecule has 0 aromatic heterocycles. The van der Waals surface area contributed by atoms with E-state index in [-0.39, 0.29) is 6.10 Å². The molecule has 3 nitrogen and oxygen atoms in total. The van der Waals surface area contributed by atoms with Gasteiger partial charge in [0.25, 0.3) is 0 Å². The Morgan fingerprint density at radius 3 is 2.80 bits per heavy atom. The molecular formula is C17H25NO2. The topological polar surface area (TPSA) is 52.5 Å². The molecule has 0 amide bonds. The van der Waals surface area contributed by atoms with Gasteiger partial charge in [-0.05, 0) is 61.3 Å². The van der Waals surface area contributed by atoms with Gasteiger partial charge in [0.15, 0.2) is 0 Å². The Morgan fingerprint density at radius 2 is 1.95 bits per heavy atom. The third-order valence-corrected chi connectivity index (χ3v) is 4.94. The van der Waals surface area contributed by atoms with Gasteiger partial charge in [-0.15, -0.1) is 0 Å². The molecule has 0 saturated heterocycles. The van der Waals surface area contributed by atoms with Crippen molar-refractivity contribution in [2.75, 3.05) is 6.54 Å². The fourth-order valence-electron chi connectivity index (χ4n) is 3.73. The maximum atomic E-state index is 10.1. The van der Waals surface area contributed by atoms with Crippen LogP contribution in [0.25, 0.3) is 0 Å². The van der Waals surface area contributed by atoms with Gasteiger partial charge in [0.1, 0.15) is 5.75 Å².